The Hall–Kier alpha value is -8.00. The standard InChI is InChI=1S/C50H48N14/c1-2-3-4-5-6-7-14-27-48(61-44-25-17-15-23-40(44)42-32-36(28-30-46(42)61)34-51-63(49-53-57-58-54-49)38-19-10-8-11-20-38)62-45-26-18-16-24-41(45)43-33-37(29-31-47(43)62)35-52-64(50-55-59-60-56-50)39-21-12-9-13-22-39/h8-13,15-26,28-35,48H,2-7,14,27H2,1H3,(H,53,54,57,58)(H,55,56,59,60)/b51-34+,52-35+. The van der Waals surface area contributed by atoms with Gasteiger partial charge in [0.1, 0.15) is 6.17 Å². The van der Waals surface area contributed by atoms with Gasteiger partial charge in [0.2, 0.25) is 0 Å². The van der Waals surface area contributed by atoms with Crippen LogP contribution in [-0.2, 0) is 0 Å². The first kappa shape index (κ1) is 40.1. The monoisotopic (exact) mass is 844 g/mol. The lowest BCUT2D eigenvalue weighted by atomic mass is 10.1. The minimum atomic E-state index is -0.0156. The molecule has 0 saturated carbocycles. The first-order chi connectivity index (χ1) is 31.7. The number of tetrazole rings is 2. The number of rotatable bonds is 18. The fraction of sp³-hybridized carbons (Fsp3) is 0.200. The molecule has 0 spiro atoms. The summed E-state index contributed by atoms with van der Waals surface area (Å²) in [5, 5.41) is 47.4. The summed E-state index contributed by atoms with van der Waals surface area (Å²) in [4.78, 5) is 0. The highest BCUT2D eigenvalue weighted by Gasteiger charge is 2.24. The van der Waals surface area contributed by atoms with Crippen molar-refractivity contribution in [1.29, 1.82) is 0 Å². The molecule has 0 radical (unpaired) electrons. The van der Waals surface area contributed by atoms with Gasteiger partial charge < -0.3 is 9.13 Å². The van der Waals surface area contributed by atoms with Gasteiger partial charge >= 0.3 is 0 Å². The number of hydrazone groups is 2. The molecule has 0 saturated heterocycles. The zero-order chi connectivity index (χ0) is 43.1. The summed E-state index contributed by atoms with van der Waals surface area (Å²) < 4.78 is 5.14. The summed E-state index contributed by atoms with van der Waals surface area (Å²) in [7, 11) is 0. The average molecular weight is 845 g/mol. The first-order valence-electron chi connectivity index (χ1n) is 22.1. The molecule has 4 aromatic heterocycles. The van der Waals surface area contributed by atoms with Crippen molar-refractivity contribution < 1.29 is 0 Å². The molecular formula is C50H48N14. The molecule has 64 heavy (non-hydrogen) atoms. The van der Waals surface area contributed by atoms with Crippen LogP contribution in [0.4, 0.5) is 23.3 Å². The lowest BCUT2D eigenvalue weighted by molar-refractivity contribution is 0.418. The fourth-order valence-corrected chi connectivity index (χ4v) is 8.85. The van der Waals surface area contributed by atoms with Crippen molar-refractivity contribution in [2.24, 2.45) is 10.2 Å². The molecule has 4 heterocycles. The van der Waals surface area contributed by atoms with Gasteiger partial charge in [-0.1, -0.05) is 141 Å². The SMILES string of the molecule is CCCCCCCCCC(n1c2ccccc2c2cc(/C=N/N(c3ccccc3)c3nn[nH]n3)ccc21)n1c2ccccc2c2cc(/C=N/N(c3ccccc3)c3nn[nH]n3)ccc21. The predicted molar refractivity (Wildman–Crippen MR) is 257 cm³/mol. The first-order valence-corrected chi connectivity index (χ1v) is 22.1. The Morgan fingerprint density at radius 1 is 0.500 bits per heavy atom. The Bertz CT molecular complexity index is 2950. The van der Waals surface area contributed by atoms with Gasteiger partial charge in [-0.05, 0) is 95.1 Å². The van der Waals surface area contributed by atoms with Crippen LogP contribution in [0, 0.1) is 0 Å². The van der Waals surface area contributed by atoms with Crippen molar-refractivity contribution in [3.63, 3.8) is 0 Å². The summed E-state index contributed by atoms with van der Waals surface area (Å²) >= 11 is 0. The van der Waals surface area contributed by atoms with Crippen LogP contribution in [0.15, 0.2) is 156 Å². The predicted octanol–water partition coefficient (Wildman–Crippen LogP) is 11.5. The molecule has 318 valence electrons. The van der Waals surface area contributed by atoms with E-state index in [0.717, 1.165) is 35.3 Å². The number of hydrogen-bond donors (Lipinski definition) is 2. The van der Waals surface area contributed by atoms with Crippen molar-refractivity contribution in [1.82, 2.24) is 50.4 Å². The number of aromatic amines is 2. The van der Waals surface area contributed by atoms with E-state index in [4.69, 9.17) is 10.2 Å². The molecule has 10 aromatic rings. The quantitative estimate of drug-likeness (QED) is 0.0492. The summed E-state index contributed by atoms with van der Waals surface area (Å²) in [6.45, 7) is 2.28. The van der Waals surface area contributed by atoms with Crippen molar-refractivity contribution >= 4 is 79.3 Å². The Balaban J connectivity index is 1.07. The minimum Gasteiger partial charge on any atom is -0.319 e. The molecule has 0 unspecified atom stereocenters. The van der Waals surface area contributed by atoms with Gasteiger partial charge in [-0.3, -0.25) is 0 Å². The lowest BCUT2D eigenvalue weighted by Gasteiger charge is -2.26. The van der Waals surface area contributed by atoms with Crippen LogP contribution in [0.1, 0.15) is 75.6 Å². The van der Waals surface area contributed by atoms with E-state index < -0.39 is 0 Å². The van der Waals surface area contributed by atoms with E-state index in [2.05, 4.69) is 142 Å². The molecule has 0 fully saturated rings. The molecule has 0 amide bonds. The third-order valence-corrected chi connectivity index (χ3v) is 11.8. The maximum Gasteiger partial charge on any atom is 0.290 e. The number of para-hydroxylation sites is 4. The van der Waals surface area contributed by atoms with Crippen LogP contribution in [0.2, 0.25) is 0 Å². The molecule has 14 heteroatoms. The van der Waals surface area contributed by atoms with Gasteiger partial charge in [-0.15, -0.1) is 10.2 Å². The summed E-state index contributed by atoms with van der Waals surface area (Å²) in [6.07, 6.45) is 13.3. The Morgan fingerprint density at radius 2 is 0.938 bits per heavy atom. The largest absolute Gasteiger partial charge is 0.319 e. The molecule has 0 aliphatic rings. The van der Waals surface area contributed by atoms with Crippen molar-refractivity contribution in [3.05, 3.63) is 157 Å². The number of nitrogens with one attached hydrogen (secondary N) is 2. The van der Waals surface area contributed by atoms with E-state index in [1.54, 1.807) is 10.0 Å². The molecule has 0 aliphatic heterocycles. The Labute approximate surface area is 369 Å². The second-order valence-electron chi connectivity index (χ2n) is 15.9. The van der Waals surface area contributed by atoms with Crippen molar-refractivity contribution in [2.45, 2.75) is 64.5 Å². The topological polar surface area (TPSA) is 150 Å². The van der Waals surface area contributed by atoms with Gasteiger partial charge in [-0.2, -0.15) is 30.6 Å². The molecule has 0 bridgehead atoms. The Kier molecular flexibility index (Phi) is 11.6. The second-order valence-corrected chi connectivity index (χ2v) is 15.9. The molecule has 0 aliphatic carbocycles. The van der Waals surface area contributed by atoms with Crippen LogP contribution in [0.3, 0.4) is 0 Å². The van der Waals surface area contributed by atoms with Crippen molar-refractivity contribution in [2.75, 3.05) is 10.0 Å². The number of H-pyrrole nitrogens is 2. The highest BCUT2D eigenvalue weighted by Crippen LogP contribution is 2.40. The Morgan fingerprint density at radius 3 is 1.41 bits per heavy atom. The number of anilines is 4. The van der Waals surface area contributed by atoms with Gasteiger partial charge in [0.15, 0.2) is 0 Å². The lowest BCUT2D eigenvalue weighted by Crippen LogP contribution is -2.18. The van der Waals surface area contributed by atoms with Crippen LogP contribution >= 0.6 is 0 Å². The van der Waals surface area contributed by atoms with E-state index >= 15 is 0 Å². The number of nitrogens with zero attached hydrogens (tertiary/aromatic N) is 12. The van der Waals surface area contributed by atoms with E-state index in [1.165, 1.54) is 82.1 Å². The molecular weight excluding hydrogens is 797 g/mol. The van der Waals surface area contributed by atoms with E-state index in [1.807, 2.05) is 73.1 Å². The van der Waals surface area contributed by atoms with Gasteiger partial charge in [0.25, 0.3) is 11.9 Å². The number of hydrogen-bond acceptors (Lipinski definition) is 10. The van der Waals surface area contributed by atoms with E-state index in [-0.39, 0.29) is 6.17 Å². The molecule has 14 nitrogen and oxygen atoms in total. The van der Waals surface area contributed by atoms with Crippen LogP contribution in [0.5, 0.6) is 0 Å². The average Bonchev–Trinajstić information content (AvgIpc) is 4.18. The minimum absolute atomic E-state index is 0.0156. The van der Waals surface area contributed by atoms with Gasteiger partial charge in [0, 0.05) is 21.5 Å². The smallest absolute Gasteiger partial charge is 0.290 e. The number of aromatic nitrogens is 10. The third-order valence-electron chi connectivity index (χ3n) is 11.8. The molecule has 2 N–H and O–H groups in total. The fourth-order valence-electron chi connectivity index (χ4n) is 8.85. The van der Waals surface area contributed by atoms with Gasteiger partial charge in [-0.25, -0.2) is 0 Å². The van der Waals surface area contributed by atoms with Crippen LogP contribution < -0.4 is 10.0 Å². The number of unbranched alkanes of at least 4 members (excludes halogenated alkanes) is 6. The number of fused-ring (bicyclic) bond motifs is 6. The van der Waals surface area contributed by atoms with Gasteiger partial charge in [0.05, 0.1) is 45.9 Å². The third kappa shape index (κ3) is 8.08. The second kappa shape index (κ2) is 18.5. The summed E-state index contributed by atoms with van der Waals surface area (Å²) in [5.74, 6) is 0.717. The molecule has 6 aromatic carbocycles. The maximum atomic E-state index is 4.87. The number of benzene rings is 6. The highest BCUT2D eigenvalue weighted by atomic mass is 15.6. The zero-order valence-electron chi connectivity index (χ0n) is 35.6. The maximum absolute atomic E-state index is 4.87. The highest BCUT2D eigenvalue weighted by molar-refractivity contribution is 6.11. The van der Waals surface area contributed by atoms with Crippen molar-refractivity contribution in [3.8, 4) is 0 Å². The van der Waals surface area contributed by atoms with E-state index in [9.17, 15) is 0 Å². The molecule has 10 rings (SSSR count). The molecule has 0 atom stereocenters. The van der Waals surface area contributed by atoms with Crippen LogP contribution in [-0.4, -0.2) is 62.8 Å². The van der Waals surface area contributed by atoms with Crippen LogP contribution in [0.25, 0.3) is 43.6 Å². The summed E-state index contributed by atoms with van der Waals surface area (Å²) in [6, 6.07) is 50.5. The summed E-state index contributed by atoms with van der Waals surface area (Å²) in [5.41, 5.74) is 8.29. The zero-order valence-corrected chi connectivity index (χ0v) is 35.6. The van der Waals surface area contributed by atoms with E-state index in [0.29, 0.717) is 11.9 Å². The normalized spacial score (nSPS) is 12.0.